The maximum absolute atomic E-state index is 12.0. The van der Waals surface area contributed by atoms with Gasteiger partial charge in [-0.25, -0.2) is 4.98 Å². The maximum Gasteiger partial charge on any atom is 0.293 e. The van der Waals surface area contributed by atoms with Crippen LogP contribution in [0.2, 0.25) is 0 Å². The molecule has 1 aliphatic rings. The molecule has 1 aliphatic heterocycles. The minimum absolute atomic E-state index is 0.0433. The third kappa shape index (κ3) is 1.96. The molecule has 0 saturated carbocycles. The van der Waals surface area contributed by atoms with Crippen LogP contribution < -0.4 is 10.5 Å². The lowest BCUT2D eigenvalue weighted by Crippen LogP contribution is -2.31. The van der Waals surface area contributed by atoms with Crippen LogP contribution in [0.25, 0.3) is 0 Å². The molecule has 0 aromatic carbocycles. The molecule has 0 unspecified atom stereocenters. The zero-order valence-corrected chi connectivity index (χ0v) is 10.0. The predicted octanol–water partition coefficient (Wildman–Crippen LogP) is 1.50. The van der Waals surface area contributed by atoms with Crippen LogP contribution in [0.5, 0.6) is 0 Å². The monoisotopic (exact) mass is 221 g/mol. The Bertz CT molecular complexity index is 413. The number of hydrogen-bond acceptors (Lipinski definition) is 3. The first kappa shape index (κ1) is 11.2. The lowest BCUT2D eigenvalue weighted by Gasteiger charge is -2.17. The van der Waals surface area contributed by atoms with Crippen LogP contribution in [-0.4, -0.2) is 22.6 Å². The van der Waals surface area contributed by atoms with E-state index in [0.717, 1.165) is 19.0 Å². The Balaban J connectivity index is 2.25. The molecule has 2 rings (SSSR count). The lowest BCUT2D eigenvalue weighted by atomic mass is 10.1. The molecule has 0 N–H and O–H groups in total. The van der Waals surface area contributed by atoms with Crippen molar-refractivity contribution in [2.75, 3.05) is 18.0 Å². The van der Waals surface area contributed by atoms with Gasteiger partial charge in [-0.15, -0.1) is 0 Å². The van der Waals surface area contributed by atoms with Gasteiger partial charge in [-0.1, -0.05) is 13.3 Å². The summed E-state index contributed by atoms with van der Waals surface area (Å²) in [7, 11) is 0. The topological polar surface area (TPSA) is 38.1 Å². The summed E-state index contributed by atoms with van der Waals surface area (Å²) in [6, 6.07) is 0. The summed E-state index contributed by atoms with van der Waals surface area (Å²) < 4.78 is 1.71. The van der Waals surface area contributed by atoms with Gasteiger partial charge in [0.1, 0.15) is 0 Å². The van der Waals surface area contributed by atoms with Crippen molar-refractivity contribution in [3.63, 3.8) is 0 Å². The van der Waals surface area contributed by atoms with Gasteiger partial charge in [0.2, 0.25) is 0 Å². The van der Waals surface area contributed by atoms with Gasteiger partial charge in [0, 0.05) is 32.0 Å². The van der Waals surface area contributed by atoms with Crippen molar-refractivity contribution in [3.05, 3.63) is 22.7 Å². The molecular weight excluding hydrogens is 202 g/mol. The maximum atomic E-state index is 12.0. The minimum atomic E-state index is 0.0433. The van der Waals surface area contributed by atoms with Crippen LogP contribution in [0.4, 0.5) is 5.82 Å². The van der Waals surface area contributed by atoms with Crippen LogP contribution in [0.15, 0.2) is 17.2 Å². The quantitative estimate of drug-likeness (QED) is 0.776. The summed E-state index contributed by atoms with van der Waals surface area (Å²) in [6.45, 7) is 6.83. The number of rotatable bonds is 3. The Morgan fingerprint density at radius 1 is 1.50 bits per heavy atom. The summed E-state index contributed by atoms with van der Waals surface area (Å²) in [5, 5.41) is 0. The summed E-state index contributed by atoms with van der Waals surface area (Å²) in [6.07, 6.45) is 5.84. The average Bonchev–Trinajstić information content (AvgIpc) is 2.78. The Kier molecular flexibility index (Phi) is 3.27. The van der Waals surface area contributed by atoms with E-state index in [2.05, 4.69) is 16.8 Å². The van der Waals surface area contributed by atoms with Crippen molar-refractivity contribution < 1.29 is 0 Å². The van der Waals surface area contributed by atoms with E-state index in [1.807, 2.05) is 6.92 Å². The van der Waals surface area contributed by atoms with E-state index in [1.54, 1.807) is 17.0 Å². The molecule has 16 heavy (non-hydrogen) atoms. The summed E-state index contributed by atoms with van der Waals surface area (Å²) in [5.41, 5.74) is 0.0433. The van der Waals surface area contributed by atoms with E-state index in [1.165, 1.54) is 12.8 Å². The molecule has 0 spiro atoms. The Hall–Kier alpha value is -1.32. The molecule has 4 nitrogen and oxygen atoms in total. The molecule has 1 fully saturated rings. The molecule has 4 heteroatoms. The zero-order chi connectivity index (χ0) is 11.5. The van der Waals surface area contributed by atoms with Crippen LogP contribution in [-0.2, 0) is 6.54 Å². The molecule has 2 heterocycles. The van der Waals surface area contributed by atoms with Crippen molar-refractivity contribution in [2.45, 2.75) is 33.2 Å². The fourth-order valence-electron chi connectivity index (χ4n) is 2.26. The molecule has 0 amide bonds. The van der Waals surface area contributed by atoms with Crippen molar-refractivity contribution in [1.82, 2.24) is 9.55 Å². The van der Waals surface area contributed by atoms with Crippen LogP contribution in [0, 0.1) is 5.92 Å². The minimum Gasteiger partial charge on any atom is -0.352 e. The first-order chi connectivity index (χ1) is 7.76. The summed E-state index contributed by atoms with van der Waals surface area (Å²) >= 11 is 0. The molecule has 0 aliphatic carbocycles. The molecule has 0 radical (unpaired) electrons. The van der Waals surface area contributed by atoms with Gasteiger partial charge < -0.3 is 9.47 Å². The van der Waals surface area contributed by atoms with E-state index in [4.69, 9.17) is 0 Å². The van der Waals surface area contributed by atoms with Crippen LogP contribution in [0.3, 0.4) is 0 Å². The highest BCUT2D eigenvalue weighted by Gasteiger charge is 2.24. The summed E-state index contributed by atoms with van der Waals surface area (Å²) in [5.74, 6) is 1.34. The van der Waals surface area contributed by atoms with E-state index >= 15 is 0 Å². The highest BCUT2D eigenvalue weighted by atomic mass is 16.1. The molecule has 1 saturated heterocycles. The van der Waals surface area contributed by atoms with Gasteiger partial charge in [-0.2, -0.15) is 0 Å². The molecular formula is C12H19N3O. The van der Waals surface area contributed by atoms with Gasteiger partial charge >= 0.3 is 0 Å². The smallest absolute Gasteiger partial charge is 0.293 e. The second-order valence-corrected chi connectivity index (χ2v) is 4.35. The second-order valence-electron chi connectivity index (χ2n) is 4.35. The largest absolute Gasteiger partial charge is 0.352 e. The normalized spacial score (nSPS) is 20.4. The van der Waals surface area contributed by atoms with Gasteiger partial charge in [0.05, 0.1) is 0 Å². The van der Waals surface area contributed by atoms with E-state index in [9.17, 15) is 4.79 Å². The van der Waals surface area contributed by atoms with Gasteiger partial charge in [0.25, 0.3) is 5.56 Å². The lowest BCUT2D eigenvalue weighted by molar-refractivity contribution is 0.568. The number of nitrogens with zero attached hydrogens (tertiary/aromatic N) is 3. The predicted molar refractivity (Wildman–Crippen MR) is 64.8 cm³/mol. The van der Waals surface area contributed by atoms with Crippen molar-refractivity contribution in [1.29, 1.82) is 0 Å². The molecule has 1 aromatic rings. The molecule has 0 bridgehead atoms. The Morgan fingerprint density at radius 3 is 2.94 bits per heavy atom. The second kappa shape index (κ2) is 4.68. The van der Waals surface area contributed by atoms with Crippen molar-refractivity contribution >= 4 is 5.82 Å². The standard InChI is InChI=1S/C12H19N3O/c1-3-10-5-7-15(9-10)11-12(16)14(4-2)8-6-13-11/h6,8,10H,3-5,7,9H2,1-2H3/t10-/m0/s1. The first-order valence-corrected chi connectivity index (χ1v) is 6.06. The third-order valence-electron chi connectivity index (χ3n) is 3.40. The fraction of sp³-hybridized carbons (Fsp3) is 0.667. The first-order valence-electron chi connectivity index (χ1n) is 6.06. The third-order valence-corrected chi connectivity index (χ3v) is 3.40. The Labute approximate surface area is 95.9 Å². The highest BCUT2D eigenvalue weighted by Crippen LogP contribution is 2.21. The van der Waals surface area contributed by atoms with Crippen molar-refractivity contribution in [3.8, 4) is 0 Å². The number of aromatic nitrogens is 2. The van der Waals surface area contributed by atoms with E-state index in [0.29, 0.717) is 12.4 Å². The number of anilines is 1. The van der Waals surface area contributed by atoms with Gasteiger partial charge in [0.15, 0.2) is 5.82 Å². The average molecular weight is 221 g/mol. The van der Waals surface area contributed by atoms with Gasteiger partial charge in [-0.05, 0) is 19.3 Å². The summed E-state index contributed by atoms with van der Waals surface area (Å²) in [4.78, 5) is 18.4. The molecule has 1 aromatic heterocycles. The SMILES string of the molecule is CC[C@H]1CCN(c2nccn(CC)c2=O)C1. The van der Waals surface area contributed by atoms with Crippen molar-refractivity contribution in [2.24, 2.45) is 5.92 Å². The van der Waals surface area contributed by atoms with E-state index < -0.39 is 0 Å². The molecule has 88 valence electrons. The van der Waals surface area contributed by atoms with Gasteiger partial charge in [-0.3, -0.25) is 4.79 Å². The van der Waals surface area contributed by atoms with Crippen LogP contribution >= 0.6 is 0 Å². The molecule has 1 atom stereocenters. The zero-order valence-electron chi connectivity index (χ0n) is 10.0. The number of aryl methyl sites for hydroxylation is 1. The van der Waals surface area contributed by atoms with Crippen LogP contribution in [0.1, 0.15) is 26.7 Å². The fourth-order valence-corrected chi connectivity index (χ4v) is 2.26. The van der Waals surface area contributed by atoms with E-state index in [-0.39, 0.29) is 5.56 Å². The Morgan fingerprint density at radius 2 is 2.31 bits per heavy atom. The number of hydrogen-bond donors (Lipinski definition) is 0. The highest BCUT2D eigenvalue weighted by molar-refractivity contribution is 5.37.